The van der Waals surface area contributed by atoms with Crippen LogP contribution in [0.15, 0.2) is 24.3 Å². The van der Waals surface area contributed by atoms with Crippen molar-refractivity contribution >= 4 is 5.91 Å². The molecule has 0 bridgehead atoms. The summed E-state index contributed by atoms with van der Waals surface area (Å²) in [7, 11) is 1.62. The van der Waals surface area contributed by atoms with Crippen molar-refractivity contribution in [3.63, 3.8) is 0 Å². The number of piperazine rings is 1. The fraction of sp³-hybridized carbons (Fsp3) is 0.632. The molecule has 0 N–H and O–H groups in total. The Labute approximate surface area is 139 Å². The van der Waals surface area contributed by atoms with E-state index in [1.54, 1.807) is 7.11 Å². The highest BCUT2D eigenvalue weighted by Gasteiger charge is 2.29. The molecule has 3 rings (SSSR count). The predicted molar refractivity (Wildman–Crippen MR) is 91.9 cm³/mol. The summed E-state index contributed by atoms with van der Waals surface area (Å²) in [6.45, 7) is 6.01. The molecule has 0 unspecified atom stereocenters. The van der Waals surface area contributed by atoms with Crippen LogP contribution in [0, 0.1) is 5.92 Å². The fourth-order valence-corrected chi connectivity index (χ4v) is 4.02. The number of amides is 1. The van der Waals surface area contributed by atoms with Gasteiger partial charge in [0.2, 0.25) is 0 Å². The average Bonchev–Trinajstić information content (AvgIpc) is 2.61. The van der Waals surface area contributed by atoms with Crippen LogP contribution in [0.25, 0.3) is 0 Å². The molecular weight excluding hydrogens is 288 g/mol. The molecule has 1 amide bonds. The lowest BCUT2D eigenvalue weighted by Crippen LogP contribution is -2.52. The monoisotopic (exact) mass is 316 g/mol. The maximum Gasteiger partial charge on any atom is 0.257 e. The Morgan fingerprint density at radius 2 is 1.87 bits per heavy atom. The Morgan fingerprint density at radius 3 is 2.57 bits per heavy atom. The molecule has 0 radical (unpaired) electrons. The molecule has 1 heterocycles. The number of rotatable bonds is 3. The maximum absolute atomic E-state index is 12.7. The number of hydrogen-bond acceptors (Lipinski definition) is 3. The Kier molecular flexibility index (Phi) is 5.21. The molecule has 23 heavy (non-hydrogen) atoms. The van der Waals surface area contributed by atoms with Gasteiger partial charge in [0, 0.05) is 32.2 Å². The summed E-state index contributed by atoms with van der Waals surface area (Å²) in [4.78, 5) is 17.3. The van der Waals surface area contributed by atoms with Crippen molar-refractivity contribution in [1.82, 2.24) is 9.80 Å². The number of hydrogen-bond donors (Lipinski definition) is 0. The van der Waals surface area contributed by atoms with Gasteiger partial charge in [0.05, 0.1) is 12.7 Å². The summed E-state index contributed by atoms with van der Waals surface area (Å²) < 4.78 is 5.33. The molecule has 1 aromatic rings. The molecule has 1 aliphatic heterocycles. The summed E-state index contributed by atoms with van der Waals surface area (Å²) in [5.41, 5.74) is 0.676. The third-order valence-electron chi connectivity index (χ3n) is 5.36. The van der Waals surface area contributed by atoms with Gasteiger partial charge >= 0.3 is 0 Å². The van der Waals surface area contributed by atoms with Crippen molar-refractivity contribution in [2.45, 2.75) is 38.6 Å². The van der Waals surface area contributed by atoms with E-state index >= 15 is 0 Å². The van der Waals surface area contributed by atoms with Crippen LogP contribution in [0.5, 0.6) is 5.75 Å². The van der Waals surface area contributed by atoms with E-state index in [9.17, 15) is 4.79 Å². The number of nitrogens with zero attached hydrogens (tertiary/aromatic N) is 2. The molecule has 2 fully saturated rings. The normalized spacial score (nSPS) is 26.1. The fourth-order valence-electron chi connectivity index (χ4n) is 4.02. The molecule has 0 aromatic heterocycles. The molecule has 1 saturated carbocycles. The standard InChI is InChI=1S/C19H28N2O2/c1-15-6-5-7-16(14-15)20-10-12-21(13-11-20)19(22)17-8-3-4-9-18(17)23-2/h3-4,8-9,15-16H,5-7,10-14H2,1-2H3/t15-,16+/m0/s1. The zero-order chi connectivity index (χ0) is 16.2. The smallest absolute Gasteiger partial charge is 0.257 e. The van der Waals surface area contributed by atoms with Gasteiger partial charge in [-0.1, -0.05) is 31.9 Å². The topological polar surface area (TPSA) is 32.8 Å². The SMILES string of the molecule is COc1ccccc1C(=O)N1CCN([C@@H]2CCC[C@H](C)C2)CC1. The second-order valence-electron chi connectivity index (χ2n) is 6.95. The van der Waals surface area contributed by atoms with Gasteiger partial charge in [-0.3, -0.25) is 9.69 Å². The van der Waals surface area contributed by atoms with Crippen LogP contribution in [0.3, 0.4) is 0 Å². The number of para-hydroxylation sites is 1. The highest BCUT2D eigenvalue weighted by molar-refractivity contribution is 5.97. The summed E-state index contributed by atoms with van der Waals surface area (Å²) in [5, 5.41) is 0. The summed E-state index contributed by atoms with van der Waals surface area (Å²) in [6, 6.07) is 8.23. The van der Waals surface area contributed by atoms with E-state index in [4.69, 9.17) is 4.74 Å². The largest absolute Gasteiger partial charge is 0.496 e. The van der Waals surface area contributed by atoms with Crippen LogP contribution < -0.4 is 4.74 Å². The van der Waals surface area contributed by atoms with Gasteiger partial charge in [-0.05, 0) is 30.9 Å². The van der Waals surface area contributed by atoms with Gasteiger partial charge < -0.3 is 9.64 Å². The summed E-state index contributed by atoms with van der Waals surface area (Å²) in [5.74, 6) is 1.61. The number of ether oxygens (including phenoxy) is 1. The Balaban J connectivity index is 1.59. The first-order valence-electron chi connectivity index (χ1n) is 8.85. The lowest BCUT2D eigenvalue weighted by atomic mass is 9.86. The van der Waals surface area contributed by atoms with Crippen LogP contribution in [-0.2, 0) is 0 Å². The number of methoxy groups -OCH3 is 1. The molecule has 1 saturated heterocycles. The number of benzene rings is 1. The molecule has 2 aliphatic rings. The van der Waals surface area contributed by atoms with Crippen LogP contribution in [-0.4, -0.2) is 55.0 Å². The second kappa shape index (κ2) is 7.35. The lowest BCUT2D eigenvalue weighted by molar-refractivity contribution is 0.0486. The third kappa shape index (κ3) is 3.69. The minimum absolute atomic E-state index is 0.0964. The van der Waals surface area contributed by atoms with Gasteiger partial charge in [0.25, 0.3) is 5.91 Å². The number of carbonyl (C=O) groups is 1. The average molecular weight is 316 g/mol. The zero-order valence-electron chi connectivity index (χ0n) is 14.3. The first-order valence-corrected chi connectivity index (χ1v) is 8.85. The van der Waals surface area contributed by atoms with Crippen molar-refractivity contribution in [2.24, 2.45) is 5.92 Å². The zero-order valence-corrected chi connectivity index (χ0v) is 14.3. The minimum Gasteiger partial charge on any atom is -0.496 e. The van der Waals surface area contributed by atoms with E-state index in [1.165, 1.54) is 25.7 Å². The quantitative estimate of drug-likeness (QED) is 0.859. The lowest BCUT2D eigenvalue weighted by Gasteiger charge is -2.42. The van der Waals surface area contributed by atoms with Gasteiger partial charge in [0.15, 0.2) is 0 Å². The third-order valence-corrected chi connectivity index (χ3v) is 5.36. The molecule has 0 spiro atoms. The first kappa shape index (κ1) is 16.3. The molecule has 4 heteroatoms. The predicted octanol–water partition coefficient (Wildman–Crippen LogP) is 3.03. The highest BCUT2D eigenvalue weighted by atomic mass is 16.5. The molecule has 4 nitrogen and oxygen atoms in total. The van der Waals surface area contributed by atoms with Crippen molar-refractivity contribution < 1.29 is 9.53 Å². The van der Waals surface area contributed by atoms with E-state index in [-0.39, 0.29) is 5.91 Å². The van der Waals surface area contributed by atoms with Crippen molar-refractivity contribution in [1.29, 1.82) is 0 Å². The van der Waals surface area contributed by atoms with E-state index < -0.39 is 0 Å². The van der Waals surface area contributed by atoms with Crippen LogP contribution in [0.2, 0.25) is 0 Å². The second-order valence-corrected chi connectivity index (χ2v) is 6.95. The van der Waals surface area contributed by atoms with Gasteiger partial charge in [-0.25, -0.2) is 0 Å². The maximum atomic E-state index is 12.7. The van der Waals surface area contributed by atoms with Gasteiger partial charge in [0.1, 0.15) is 5.75 Å². The van der Waals surface area contributed by atoms with E-state index in [0.717, 1.165) is 38.1 Å². The Bertz CT molecular complexity index is 538. The number of carbonyl (C=O) groups excluding carboxylic acids is 1. The molecule has 126 valence electrons. The Morgan fingerprint density at radius 1 is 1.13 bits per heavy atom. The van der Waals surface area contributed by atoms with E-state index in [0.29, 0.717) is 11.3 Å². The molecule has 1 aliphatic carbocycles. The Hall–Kier alpha value is -1.55. The van der Waals surface area contributed by atoms with Crippen molar-refractivity contribution in [3.8, 4) is 5.75 Å². The van der Waals surface area contributed by atoms with Crippen LogP contribution >= 0.6 is 0 Å². The van der Waals surface area contributed by atoms with E-state index in [2.05, 4.69) is 11.8 Å². The molecular formula is C19H28N2O2. The first-order chi connectivity index (χ1) is 11.2. The van der Waals surface area contributed by atoms with Crippen molar-refractivity contribution in [3.05, 3.63) is 29.8 Å². The summed E-state index contributed by atoms with van der Waals surface area (Å²) >= 11 is 0. The van der Waals surface area contributed by atoms with Gasteiger partial charge in [-0.15, -0.1) is 0 Å². The molecule has 2 atom stereocenters. The van der Waals surface area contributed by atoms with Crippen molar-refractivity contribution in [2.75, 3.05) is 33.3 Å². The minimum atomic E-state index is 0.0964. The van der Waals surface area contributed by atoms with E-state index in [1.807, 2.05) is 29.2 Å². The summed E-state index contributed by atoms with van der Waals surface area (Å²) in [6.07, 6.45) is 5.38. The van der Waals surface area contributed by atoms with Crippen LogP contribution in [0.1, 0.15) is 43.0 Å². The van der Waals surface area contributed by atoms with Gasteiger partial charge in [-0.2, -0.15) is 0 Å². The molecule has 1 aromatic carbocycles. The highest BCUT2D eigenvalue weighted by Crippen LogP contribution is 2.28. The van der Waals surface area contributed by atoms with Crippen LogP contribution in [0.4, 0.5) is 0 Å².